The highest BCUT2D eigenvalue weighted by molar-refractivity contribution is 7.89. The van der Waals surface area contributed by atoms with Gasteiger partial charge in [0.2, 0.25) is 10.0 Å². The number of phenolic OH excluding ortho intramolecular Hbond substituents is 2. The van der Waals surface area contributed by atoms with Crippen LogP contribution in [0.1, 0.15) is 57.4 Å². The fourth-order valence-corrected chi connectivity index (χ4v) is 3.00. The Hall–Kier alpha value is -1.76. The predicted molar refractivity (Wildman–Crippen MR) is 92.3 cm³/mol. The summed E-state index contributed by atoms with van der Waals surface area (Å²) in [5.74, 6) is -0.196. The molecule has 0 saturated heterocycles. The molecule has 23 heavy (non-hydrogen) atoms. The van der Waals surface area contributed by atoms with Gasteiger partial charge in [0.25, 0.3) is 0 Å². The fraction of sp³-hybridized carbons (Fsp3) is 0.562. The highest BCUT2D eigenvalue weighted by atomic mass is 32.2. The smallest absolute Gasteiger partial charge is 0.247 e. The zero-order valence-electron chi connectivity index (χ0n) is 13.5. The van der Waals surface area contributed by atoms with Crippen LogP contribution in [0.25, 0.3) is 0 Å². The third kappa shape index (κ3) is 8.44. The van der Waals surface area contributed by atoms with Crippen molar-refractivity contribution in [3.8, 4) is 11.5 Å². The molecule has 0 saturated carbocycles. The molecule has 0 bridgehead atoms. The number of aromatic hydroxyl groups is 2. The molecule has 3 N–H and O–H groups in total. The third-order valence-electron chi connectivity index (χ3n) is 3.43. The van der Waals surface area contributed by atoms with E-state index in [-0.39, 0.29) is 17.3 Å². The number of hydrogen-bond donors (Lipinski definition) is 3. The van der Waals surface area contributed by atoms with Gasteiger partial charge in [-0.2, -0.15) is 5.10 Å². The van der Waals surface area contributed by atoms with Gasteiger partial charge in [-0.1, -0.05) is 45.4 Å². The summed E-state index contributed by atoms with van der Waals surface area (Å²) in [5, 5.41) is 22.4. The number of unbranched alkanes of at least 4 members (excludes halogenated alkanes) is 6. The van der Waals surface area contributed by atoms with Gasteiger partial charge in [0.15, 0.2) is 0 Å². The van der Waals surface area contributed by atoms with Gasteiger partial charge in [-0.15, -0.1) is 0 Å². The second-order valence-electron chi connectivity index (χ2n) is 5.53. The number of hydrazone groups is 1. The van der Waals surface area contributed by atoms with Crippen molar-refractivity contribution in [3.63, 3.8) is 0 Å². The lowest BCUT2D eigenvalue weighted by atomic mass is 10.1. The minimum absolute atomic E-state index is 0.0413. The Labute approximate surface area is 138 Å². The zero-order valence-corrected chi connectivity index (χ0v) is 14.3. The molecule has 6 nitrogen and oxygen atoms in total. The van der Waals surface area contributed by atoms with Crippen LogP contribution in [0.5, 0.6) is 11.5 Å². The van der Waals surface area contributed by atoms with Gasteiger partial charge < -0.3 is 10.2 Å². The second kappa shape index (κ2) is 10.1. The lowest BCUT2D eigenvalue weighted by Crippen LogP contribution is -2.21. The van der Waals surface area contributed by atoms with E-state index < -0.39 is 10.0 Å². The Bertz CT molecular complexity index is 600. The quantitative estimate of drug-likeness (QED) is 0.327. The number of hydrogen-bond acceptors (Lipinski definition) is 5. The first-order valence-electron chi connectivity index (χ1n) is 7.99. The summed E-state index contributed by atoms with van der Waals surface area (Å²) in [7, 11) is -3.45. The topological polar surface area (TPSA) is 99.0 Å². The number of nitrogens with one attached hydrogen (secondary N) is 1. The molecule has 0 atom stereocenters. The fourth-order valence-electron chi connectivity index (χ4n) is 2.11. The SMILES string of the molecule is CCCCCCCCCS(=O)(=O)NN=Cc1ccc(O)cc1O. The summed E-state index contributed by atoms with van der Waals surface area (Å²) in [4.78, 5) is 2.13. The maximum Gasteiger partial charge on any atom is 0.247 e. The maximum absolute atomic E-state index is 11.8. The lowest BCUT2D eigenvalue weighted by Gasteiger charge is -2.04. The molecule has 7 heteroatoms. The van der Waals surface area contributed by atoms with Crippen LogP contribution in [0.4, 0.5) is 0 Å². The molecule has 0 radical (unpaired) electrons. The van der Waals surface area contributed by atoms with Gasteiger partial charge in [0.05, 0.1) is 12.0 Å². The number of nitrogens with zero attached hydrogens (tertiary/aromatic N) is 1. The summed E-state index contributed by atoms with van der Waals surface area (Å²) in [6.07, 6.45) is 8.57. The van der Waals surface area contributed by atoms with Crippen LogP contribution in [0.2, 0.25) is 0 Å². The monoisotopic (exact) mass is 342 g/mol. The van der Waals surface area contributed by atoms with Crippen molar-refractivity contribution < 1.29 is 18.6 Å². The zero-order chi connectivity index (χ0) is 17.1. The number of benzene rings is 1. The molecule has 0 unspecified atom stereocenters. The van der Waals surface area contributed by atoms with Crippen molar-refractivity contribution in [1.29, 1.82) is 0 Å². The Morgan fingerprint density at radius 3 is 2.39 bits per heavy atom. The predicted octanol–water partition coefficient (Wildman–Crippen LogP) is 3.10. The van der Waals surface area contributed by atoms with Crippen LogP contribution in [0.15, 0.2) is 23.3 Å². The Balaban J connectivity index is 2.30. The molecule has 0 aliphatic rings. The van der Waals surface area contributed by atoms with E-state index in [0.717, 1.165) is 25.3 Å². The molecule has 0 aliphatic heterocycles. The van der Waals surface area contributed by atoms with Gasteiger partial charge >= 0.3 is 0 Å². The molecule has 0 spiro atoms. The van der Waals surface area contributed by atoms with Crippen LogP contribution in [-0.4, -0.2) is 30.6 Å². The van der Waals surface area contributed by atoms with Crippen molar-refractivity contribution in [3.05, 3.63) is 23.8 Å². The van der Waals surface area contributed by atoms with E-state index in [9.17, 15) is 13.5 Å². The van der Waals surface area contributed by atoms with Crippen LogP contribution < -0.4 is 4.83 Å². The van der Waals surface area contributed by atoms with Gasteiger partial charge in [-0.05, 0) is 18.6 Å². The molecule has 0 fully saturated rings. The van der Waals surface area contributed by atoms with E-state index >= 15 is 0 Å². The van der Waals surface area contributed by atoms with E-state index in [1.807, 2.05) is 0 Å². The Morgan fingerprint density at radius 1 is 1.09 bits per heavy atom. The van der Waals surface area contributed by atoms with Crippen molar-refractivity contribution in [2.45, 2.75) is 51.9 Å². The summed E-state index contributed by atoms with van der Waals surface area (Å²) in [5.41, 5.74) is 0.321. The number of phenols is 2. The standard InChI is InChI=1S/C16H26N2O4S/c1-2-3-4-5-6-7-8-11-23(21,22)18-17-13-14-9-10-15(19)12-16(14)20/h9-10,12-13,18-20H,2-8,11H2,1H3. The molecule has 1 aromatic carbocycles. The van der Waals surface area contributed by atoms with Gasteiger partial charge in [0, 0.05) is 11.6 Å². The third-order valence-corrected chi connectivity index (χ3v) is 4.64. The molecular formula is C16H26N2O4S. The highest BCUT2D eigenvalue weighted by Crippen LogP contribution is 2.20. The van der Waals surface area contributed by atoms with E-state index in [0.29, 0.717) is 12.0 Å². The van der Waals surface area contributed by atoms with Crippen LogP contribution in [0.3, 0.4) is 0 Å². The molecule has 0 aliphatic carbocycles. The lowest BCUT2D eigenvalue weighted by molar-refractivity contribution is 0.450. The minimum atomic E-state index is -3.45. The molecule has 0 amide bonds. The molecule has 1 aromatic rings. The first-order chi connectivity index (χ1) is 10.9. The molecule has 0 heterocycles. The van der Waals surface area contributed by atoms with Crippen molar-refractivity contribution >= 4 is 16.2 Å². The average molecular weight is 342 g/mol. The van der Waals surface area contributed by atoms with Crippen molar-refractivity contribution in [2.75, 3.05) is 5.75 Å². The van der Waals surface area contributed by atoms with Crippen LogP contribution in [0, 0.1) is 0 Å². The second-order valence-corrected chi connectivity index (χ2v) is 7.35. The maximum atomic E-state index is 11.8. The van der Waals surface area contributed by atoms with E-state index in [2.05, 4.69) is 16.9 Å². The molecule has 0 aromatic heterocycles. The summed E-state index contributed by atoms with van der Waals surface area (Å²) < 4.78 is 23.5. The molecule has 130 valence electrons. The van der Waals surface area contributed by atoms with E-state index in [4.69, 9.17) is 5.11 Å². The molecule has 1 rings (SSSR count). The first kappa shape index (κ1) is 19.3. The largest absolute Gasteiger partial charge is 0.508 e. The van der Waals surface area contributed by atoms with Crippen LogP contribution >= 0.6 is 0 Å². The summed E-state index contributed by atoms with van der Waals surface area (Å²) >= 11 is 0. The molecular weight excluding hydrogens is 316 g/mol. The highest BCUT2D eigenvalue weighted by Gasteiger charge is 2.08. The van der Waals surface area contributed by atoms with Crippen molar-refractivity contribution in [2.24, 2.45) is 5.10 Å². The average Bonchev–Trinajstić information content (AvgIpc) is 2.48. The minimum Gasteiger partial charge on any atom is -0.508 e. The number of rotatable bonds is 11. The van der Waals surface area contributed by atoms with E-state index in [1.165, 1.54) is 37.6 Å². The summed E-state index contributed by atoms with van der Waals surface area (Å²) in [6.45, 7) is 2.16. The number of sulfonamides is 1. The van der Waals surface area contributed by atoms with Crippen LogP contribution in [-0.2, 0) is 10.0 Å². The Kier molecular flexibility index (Phi) is 8.47. The van der Waals surface area contributed by atoms with Gasteiger partial charge in [0.1, 0.15) is 11.5 Å². The first-order valence-corrected chi connectivity index (χ1v) is 9.64. The van der Waals surface area contributed by atoms with E-state index in [1.54, 1.807) is 0 Å². The van der Waals surface area contributed by atoms with Crippen molar-refractivity contribution in [1.82, 2.24) is 4.83 Å². The Morgan fingerprint density at radius 2 is 1.74 bits per heavy atom. The van der Waals surface area contributed by atoms with Gasteiger partial charge in [-0.25, -0.2) is 13.2 Å². The van der Waals surface area contributed by atoms with Gasteiger partial charge in [-0.3, -0.25) is 0 Å². The summed E-state index contributed by atoms with van der Waals surface area (Å²) in [6, 6.07) is 3.99. The normalized spacial score (nSPS) is 11.9.